The van der Waals surface area contributed by atoms with Crippen molar-refractivity contribution < 1.29 is 4.42 Å². The minimum absolute atomic E-state index is 0.481. The Hall–Kier alpha value is -0.960. The number of nitrogens with zero attached hydrogens (tertiary/aromatic N) is 3. The summed E-state index contributed by atoms with van der Waals surface area (Å²) in [5.41, 5.74) is 0. The van der Waals surface area contributed by atoms with Crippen LogP contribution in [0.15, 0.2) is 21.7 Å². The third kappa shape index (κ3) is 2.40. The Morgan fingerprint density at radius 2 is 2.50 bits per heavy atom. The summed E-state index contributed by atoms with van der Waals surface area (Å²) in [5, 5.41) is 11.0. The maximum Gasteiger partial charge on any atom is 0.216 e. The topological polar surface area (TPSA) is 59.1 Å². The Bertz CT molecular complexity index is 568. The summed E-state index contributed by atoms with van der Waals surface area (Å²) in [7, 11) is 0. The first-order valence-electron chi connectivity index (χ1n) is 4.66. The Balaban J connectivity index is 2.29. The van der Waals surface area contributed by atoms with Crippen molar-refractivity contribution in [3.63, 3.8) is 0 Å². The van der Waals surface area contributed by atoms with Crippen LogP contribution < -0.4 is 0 Å². The molecule has 0 bridgehead atoms. The molecule has 1 N–H and O–H groups in total. The van der Waals surface area contributed by atoms with Crippen molar-refractivity contribution in [2.75, 3.05) is 0 Å². The molecule has 0 saturated carbocycles. The van der Waals surface area contributed by atoms with Gasteiger partial charge in [-0.05, 0) is 46.9 Å². The molecule has 0 saturated heterocycles. The van der Waals surface area contributed by atoms with Crippen LogP contribution in [0.25, 0.3) is 0 Å². The molecule has 0 aliphatic rings. The molecule has 0 aliphatic carbocycles. The highest BCUT2D eigenvalue weighted by atomic mass is 127. The van der Waals surface area contributed by atoms with E-state index in [1.165, 1.54) is 0 Å². The molecule has 2 aromatic heterocycles. The molecule has 84 valence electrons. The normalized spacial score (nSPS) is 11.4. The number of aromatic amines is 1. The van der Waals surface area contributed by atoms with Crippen LogP contribution in [0, 0.1) is 8.54 Å². The van der Waals surface area contributed by atoms with Gasteiger partial charge in [0.2, 0.25) is 4.77 Å². The number of nitrogens with one attached hydrogen (secondary N) is 1. The average Bonchev–Trinajstić information content (AvgIpc) is 2.82. The van der Waals surface area contributed by atoms with E-state index >= 15 is 0 Å². The lowest BCUT2D eigenvalue weighted by molar-refractivity contribution is 0.530. The van der Waals surface area contributed by atoms with Crippen LogP contribution in [-0.4, -0.2) is 21.1 Å². The van der Waals surface area contributed by atoms with Gasteiger partial charge in [-0.1, -0.05) is 6.92 Å². The summed E-state index contributed by atoms with van der Waals surface area (Å²) in [6, 6.07) is 3.72. The molecular formula is C9H9IN4OS. The molecule has 0 unspecified atom stereocenters. The maximum absolute atomic E-state index is 5.35. The number of furan rings is 1. The summed E-state index contributed by atoms with van der Waals surface area (Å²) in [6.07, 6.45) is 2.38. The lowest BCUT2D eigenvalue weighted by Crippen LogP contribution is -1.96. The highest BCUT2D eigenvalue weighted by Crippen LogP contribution is 2.08. The van der Waals surface area contributed by atoms with E-state index in [2.05, 4.69) is 37.9 Å². The number of hydrogen-bond acceptors (Lipinski definition) is 4. The number of aryl methyl sites for hydroxylation is 1. The number of rotatable bonds is 3. The fourth-order valence-corrected chi connectivity index (χ4v) is 1.82. The number of halogens is 1. The molecule has 2 aromatic rings. The molecule has 5 nitrogen and oxygen atoms in total. The van der Waals surface area contributed by atoms with Gasteiger partial charge in [-0.2, -0.15) is 14.9 Å². The molecule has 2 rings (SSSR count). The van der Waals surface area contributed by atoms with Crippen LogP contribution in [0.2, 0.25) is 0 Å². The zero-order chi connectivity index (χ0) is 11.5. The van der Waals surface area contributed by atoms with E-state index in [0.717, 1.165) is 16.0 Å². The standard InChI is InChI=1S/C9H9IN4OS/c1-2-8-12-13-9(16)14(8)11-5-6-3-4-7(10)15-6/h3-5H,2H2,1H3,(H,13,16)/b11-5-. The van der Waals surface area contributed by atoms with Crippen molar-refractivity contribution in [1.82, 2.24) is 14.9 Å². The second-order valence-corrected chi connectivity index (χ2v) is 4.45. The van der Waals surface area contributed by atoms with Crippen LogP contribution in [0.1, 0.15) is 18.5 Å². The van der Waals surface area contributed by atoms with Gasteiger partial charge in [0.1, 0.15) is 5.76 Å². The summed E-state index contributed by atoms with van der Waals surface area (Å²) < 4.78 is 8.25. The van der Waals surface area contributed by atoms with E-state index in [9.17, 15) is 0 Å². The van der Waals surface area contributed by atoms with E-state index in [0.29, 0.717) is 10.5 Å². The third-order valence-corrected chi connectivity index (χ3v) is 2.77. The van der Waals surface area contributed by atoms with Gasteiger partial charge >= 0.3 is 0 Å². The van der Waals surface area contributed by atoms with Crippen molar-refractivity contribution >= 4 is 41.0 Å². The minimum Gasteiger partial charge on any atom is -0.449 e. The highest BCUT2D eigenvalue weighted by molar-refractivity contribution is 14.1. The molecule has 16 heavy (non-hydrogen) atoms. The zero-order valence-electron chi connectivity index (χ0n) is 8.48. The van der Waals surface area contributed by atoms with Crippen molar-refractivity contribution in [2.45, 2.75) is 13.3 Å². The predicted octanol–water partition coefficient (Wildman–Crippen LogP) is 2.58. The van der Waals surface area contributed by atoms with Gasteiger partial charge in [-0.25, -0.2) is 0 Å². The number of H-pyrrole nitrogens is 1. The Morgan fingerprint density at radius 3 is 3.12 bits per heavy atom. The zero-order valence-corrected chi connectivity index (χ0v) is 11.4. The lowest BCUT2D eigenvalue weighted by Gasteiger charge is -1.94. The van der Waals surface area contributed by atoms with Crippen molar-refractivity contribution in [3.8, 4) is 0 Å². The van der Waals surface area contributed by atoms with Gasteiger partial charge in [0.25, 0.3) is 0 Å². The first kappa shape index (κ1) is 11.5. The highest BCUT2D eigenvalue weighted by Gasteiger charge is 2.01. The summed E-state index contributed by atoms with van der Waals surface area (Å²) in [5.74, 6) is 1.48. The Kier molecular flexibility index (Phi) is 3.54. The van der Waals surface area contributed by atoms with Crippen LogP contribution in [0.4, 0.5) is 0 Å². The van der Waals surface area contributed by atoms with Crippen LogP contribution >= 0.6 is 34.8 Å². The SMILES string of the molecule is CCc1n[nH]c(=S)n1/N=C\c1ccc(I)o1. The lowest BCUT2D eigenvalue weighted by atomic mass is 10.5. The van der Waals surface area contributed by atoms with Crippen molar-refractivity contribution in [1.29, 1.82) is 0 Å². The maximum atomic E-state index is 5.35. The van der Waals surface area contributed by atoms with E-state index in [1.807, 2.05) is 19.1 Å². The molecule has 0 aliphatic heterocycles. The van der Waals surface area contributed by atoms with E-state index in [1.54, 1.807) is 10.9 Å². The molecule has 0 radical (unpaired) electrons. The van der Waals surface area contributed by atoms with E-state index < -0.39 is 0 Å². The molecular weight excluding hydrogens is 339 g/mol. The molecule has 2 heterocycles. The van der Waals surface area contributed by atoms with Crippen molar-refractivity contribution in [3.05, 3.63) is 32.3 Å². The van der Waals surface area contributed by atoms with E-state index in [-0.39, 0.29) is 0 Å². The predicted molar refractivity (Wildman–Crippen MR) is 71.2 cm³/mol. The second-order valence-electron chi connectivity index (χ2n) is 3.00. The summed E-state index contributed by atoms with van der Waals surface area (Å²) >= 11 is 7.16. The summed E-state index contributed by atoms with van der Waals surface area (Å²) in [4.78, 5) is 0. The Labute approximate surface area is 111 Å². The summed E-state index contributed by atoms with van der Waals surface area (Å²) in [6.45, 7) is 1.99. The van der Waals surface area contributed by atoms with Gasteiger partial charge in [0.05, 0.1) is 6.21 Å². The van der Waals surface area contributed by atoms with Crippen LogP contribution in [-0.2, 0) is 6.42 Å². The smallest absolute Gasteiger partial charge is 0.216 e. The van der Waals surface area contributed by atoms with E-state index in [4.69, 9.17) is 16.6 Å². The monoisotopic (exact) mass is 348 g/mol. The number of aromatic nitrogens is 3. The molecule has 0 amide bonds. The molecule has 0 spiro atoms. The Morgan fingerprint density at radius 1 is 1.69 bits per heavy atom. The largest absolute Gasteiger partial charge is 0.449 e. The van der Waals surface area contributed by atoms with Gasteiger partial charge in [-0.15, -0.1) is 0 Å². The average molecular weight is 348 g/mol. The fraction of sp³-hybridized carbons (Fsp3) is 0.222. The quantitative estimate of drug-likeness (QED) is 0.527. The van der Waals surface area contributed by atoms with Crippen LogP contribution in [0.5, 0.6) is 0 Å². The molecule has 7 heteroatoms. The van der Waals surface area contributed by atoms with Crippen molar-refractivity contribution in [2.24, 2.45) is 5.10 Å². The first-order valence-corrected chi connectivity index (χ1v) is 6.15. The third-order valence-electron chi connectivity index (χ3n) is 1.93. The molecule has 0 atom stereocenters. The number of hydrogen-bond donors (Lipinski definition) is 1. The first-order chi connectivity index (χ1) is 7.70. The second kappa shape index (κ2) is 4.91. The fourth-order valence-electron chi connectivity index (χ4n) is 1.18. The van der Waals surface area contributed by atoms with Gasteiger partial charge in [0, 0.05) is 6.42 Å². The van der Waals surface area contributed by atoms with Crippen LogP contribution in [0.3, 0.4) is 0 Å². The molecule has 0 fully saturated rings. The van der Waals surface area contributed by atoms with Gasteiger partial charge in [0.15, 0.2) is 9.59 Å². The van der Waals surface area contributed by atoms with Gasteiger partial charge in [-0.3, -0.25) is 5.10 Å². The van der Waals surface area contributed by atoms with Gasteiger partial charge < -0.3 is 4.42 Å². The minimum atomic E-state index is 0.481. The molecule has 0 aromatic carbocycles.